The predicted molar refractivity (Wildman–Crippen MR) is 115 cm³/mol. The molecule has 1 amide bonds. The summed E-state index contributed by atoms with van der Waals surface area (Å²) in [5, 5.41) is 6.86. The predicted octanol–water partition coefficient (Wildman–Crippen LogP) is 2.61. The molecule has 0 spiro atoms. The van der Waals surface area contributed by atoms with Crippen molar-refractivity contribution in [1.82, 2.24) is 19.7 Å². The molecular weight excluding hydrogens is 378 g/mol. The summed E-state index contributed by atoms with van der Waals surface area (Å²) < 4.78 is 1.64. The number of nitrogens with two attached hydrogens (primary N) is 1. The van der Waals surface area contributed by atoms with Crippen LogP contribution in [0, 0.1) is 11.8 Å². The number of nitrogen functional groups attached to an aromatic ring is 1. The Balaban J connectivity index is 1.33. The van der Waals surface area contributed by atoms with Crippen molar-refractivity contribution in [2.45, 2.75) is 25.7 Å². The molecule has 2 aliphatic rings. The molecule has 5 rings (SSSR count). The number of nitrogens with zero attached hydrogens (tertiary/aromatic N) is 3. The van der Waals surface area contributed by atoms with Crippen LogP contribution in [0.2, 0.25) is 0 Å². The van der Waals surface area contributed by atoms with Gasteiger partial charge in [-0.1, -0.05) is 24.3 Å². The molecule has 1 aromatic heterocycles. The quantitative estimate of drug-likeness (QED) is 0.640. The van der Waals surface area contributed by atoms with Crippen LogP contribution >= 0.6 is 0 Å². The van der Waals surface area contributed by atoms with E-state index in [9.17, 15) is 9.59 Å². The number of benzene rings is 2. The van der Waals surface area contributed by atoms with Gasteiger partial charge in [0.05, 0.1) is 5.69 Å². The summed E-state index contributed by atoms with van der Waals surface area (Å²) >= 11 is 0. The summed E-state index contributed by atoms with van der Waals surface area (Å²) in [6.45, 7) is 1.57. The second-order valence-electron chi connectivity index (χ2n) is 8.37. The second-order valence-corrected chi connectivity index (χ2v) is 8.37. The number of H-pyrrole nitrogens is 1. The molecule has 2 fully saturated rings. The number of likely N-dealkylation sites (tertiary alicyclic amines) is 1. The lowest BCUT2D eigenvalue weighted by Crippen LogP contribution is -2.30. The molecule has 7 nitrogen and oxygen atoms in total. The van der Waals surface area contributed by atoms with Crippen LogP contribution in [0.15, 0.2) is 53.3 Å². The largest absolute Gasteiger partial charge is 0.399 e. The molecule has 7 heteroatoms. The lowest BCUT2D eigenvalue weighted by Gasteiger charge is -2.16. The minimum absolute atomic E-state index is 0.242. The lowest BCUT2D eigenvalue weighted by molar-refractivity contribution is -0.131. The number of anilines is 1. The zero-order valence-corrected chi connectivity index (χ0v) is 16.8. The lowest BCUT2D eigenvalue weighted by atomic mass is 10.0. The molecule has 3 aromatic rings. The van der Waals surface area contributed by atoms with Crippen LogP contribution in [0.5, 0.6) is 0 Å². The van der Waals surface area contributed by atoms with Gasteiger partial charge in [-0.15, -0.1) is 0 Å². The number of carbonyl (C=O) groups excluding carboxylic acids is 1. The first-order valence-corrected chi connectivity index (χ1v) is 10.5. The van der Waals surface area contributed by atoms with Crippen LogP contribution in [0.3, 0.4) is 0 Å². The molecule has 3 N–H and O–H groups in total. The molecule has 2 heterocycles. The Hall–Kier alpha value is -3.35. The van der Waals surface area contributed by atoms with Crippen LogP contribution in [-0.2, 0) is 11.2 Å². The van der Waals surface area contributed by atoms with Crippen molar-refractivity contribution in [2.75, 3.05) is 18.8 Å². The summed E-state index contributed by atoms with van der Waals surface area (Å²) in [4.78, 5) is 26.7. The molecule has 30 heavy (non-hydrogen) atoms. The Kier molecular flexibility index (Phi) is 4.65. The zero-order valence-electron chi connectivity index (χ0n) is 16.8. The average Bonchev–Trinajstić information content (AvgIpc) is 3.41. The van der Waals surface area contributed by atoms with Crippen molar-refractivity contribution >= 4 is 11.6 Å². The van der Waals surface area contributed by atoms with Crippen molar-refractivity contribution in [1.29, 1.82) is 0 Å². The smallest absolute Gasteiger partial charge is 0.347 e. The SMILES string of the molecule is Nc1ccc(-c2ccc(-n3c(C[C@@H]4CCN(C(=O)C5CC5)C4)n[nH]c3=O)cc2)cc1. The molecule has 0 radical (unpaired) electrons. The standard InChI is InChI=1S/C23H25N5O2/c24-19-7-3-16(4-8-19)17-5-9-20(10-6-17)28-21(25-26-23(28)30)13-15-11-12-27(14-15)22(29)18-1-2-18/h3-10,15,18H,1-2,11-14,24H2,(H,26,30)/t15-/m0/s1. The van der Waals surface area contributed by atoms with Gasteiger partial charge in [-0.25, -0.2) is 14.5 Å². The van der Waals surface area contributed by atoms with E-state index in [1.807, 2.05) is 53.4 Å². The number of carbonyl (C=O) groups is 1. The molecule has 2 aromatic carbocycles. The third-order valence-electron chi connectivity index (χ3n) is 6.11. The Morgan fingerprint density at radius 1 is 1.03 bits per heavy atom. The van der Waals surface area contributed by atoms with Gasteiger partial charge in [0.25, 0.3) is 0 Å². The van der Waals surface area contributed by atoms with Gasteiger partial charge in [-0.05, 0) is 60.6 Å². The summed E-state index contributed by atoms with van der Waals surface area (Å²) in [6, 6.07) is 15.6. The van der Waals surface area contributed by atoms with Gasteiger partial charge >= 0.3 is 5.69 Å². The van der Waals surface area contributed by atoms with Crippen molar-refractivity contribution in [3.8, 4) is 16.8 Å². The molecule has 1 aliphatic heterocycles. The van der Waals surface area contributed by atoms with Gasteiger partial charge in [-0.2, -0.15) is 5.10 Å². The van der Waals surface area contributed by atoms with Gasteiger partial charge in [0.15, 0.2) is 0 Å². The highest BCUT2D eigenvalue weighted by atomic mass is 16.2. The maximum atomic E-state index is 12.4. The molecule has 1 atom stereocenters. The Morgan fingerprint density at radius 3 is 2.37 bits per heavy atom. The summed E-state index contributed by atoms with van der Waals surface area (Å²) in [5.41, 5.74) is 9.17. The maximum Gasteiger partial charge on any atom is 0.347 e. The molecule has 1 saturated carbocycles. The van der Waals surface area contributed by atoms with Crippen molar-refractivity contribution < 1.29 is 4.79 Å². The van der Waals surface area contributed by atoms with E-state index in [0.29, 0.717) is 24.1 Å². The first-order chi connectivity index (χ1) is 14.6. The monoisotopic (exact) mass is 403 g/mol. The van der Waals surface area contributed by atoms with Crippen LogP contribution in [0.4, 0.5) is 5.69 Å². The van der Waals surface area contributed by atoms with Gasteiger partial charge in [0.1, 0.15) is 5.82 Å². The van der Waals surface area contributed by atoms with E-state index < -0.39 is 0 Å². The van der Waals surface area contributed by atoms with E-state index in [2.05, 4.69) is 10.2 Å². The van der Waals surface area contributed by atoms with E-state index >= 15 is 0 Å². The fourth-order valence-corrected chi connectivity index (χ4v) is 4.26. The summed E-state index contributed by atoms with van der Waals surface area (Å²) in [6.07, 6.45) is 3.69. The normalized spacial score (nSPS) is 18.7. The fourth-order valence-electron chi connectivity index (χ4n) is 4.26. The summed E-state index contributed by atoms with van der Waals surface area (Å²) in [5.74, 6) is 1.60. The molecule has 1 aliphatic carbocycles. The van der Waals surface area contributed by atoms with Crippen molar-refractivity contribution in [3.05, 3.63) is 64.8 Å². The number of nitrogens with one attached hydrogen (secondary N) is 1. The third-order valence-corrected chi connectivity index (χ3v) is 6.11. The zero-order chi connectivity index (χ0) is 20.7. The molecular formula is C23H25N5O2. The Morgan fingerprint density at radius 2 is 1.70 bits per heavy atom. The molecule has 154 valence electrons. The van der Waals surface area contributed by atoms with Crippen molar-refractivity contribution in [2.24, 2.45) is 11.8 Å². The topological polar surface area (TPSA) is 97.0 Å². The van der Waals surface area contributed by atoms with E-state index in [1.54, 1.807) is 4.57 Å². The first-order valence-electron chi connectivity index (χ1n) is 10.5. The van der Waals surface area contributed by atoms with Crippen LogP contribution in [-0.4, -0.2) is 38.7 Å². The van der Waals surface area contributed by atoms with E-state index in [-0.39, 0.29) is 11.6 Å². The van der Waals surface area contributed by atoms with E-state index in [0.717, 1.165) is 54.9 Å². The minimum Gasteiger partial charge on any atom is -0.399 e. The van der Waals surface area contributed by atoms with Crippen LogP contribution < -0.4 is 11.4 Å². The van der Waals surface area contributed by atoms with Crippen LogP contribution in [0.1, 0.15) is 25.1 Å². The van der Waals surface area contributed by atoms with Gasteiger partial charge in [0, 0.05) is 31.1 Å². The Bertz CT molecular complexity index is 1110. The molecule has 0 unspecified atom stereocenters. The average molecular weight is 403 g/mol. The molecule has 0 bridgehead atoms. The highest BCUT2D eigenvalue weighted by molar-refractivity contribution is 5.81. The minimum atomic E-state index is -0.242. The number of hydrogen-bond acceptors (Lipinski definition) is 4. The number of aromatic amines is 1. The first kappa shape index (κ1) is 18.7. The van der Waals surface area contributed by atoms with Gasteiger partial charge < -0.3 is 10.6 Å². The number of hydrogen-bond donors (Lipinski definition) is 2. The number of rotatable bonds is 5. The molecule has 1 saturated heterocycles. The maximum absolute atomic E-state index is 12.4. The summed E-state index contributed by atoms with van der Waals surface area (Å²) in [7, 11) is 0. The number of aromatic nitrogens is 3. The van der Waals surface area contributed by atoms with Crippen molar-refractivity contribution in [3.63, 3.8) is 0 Å². The highest BCUT2D eigenvalue weighted by Gasteiger charge is 2.36. The Labute approximate surface area is 174 Å². The van der Waals surface area contributed by atoms with E-state index in [1.165, 1.54) is 0 Å². The third kappa shape index (κ3) is 3.63. The van der Waals surface area contributed by atoms with Gasteiger partial charge in [-0.3, -0.25) is 4.79 Å². The fraction of sp³-hybridized carbons (Fsp3) is 0.348. The van der Waals surface area contributed by atoms with Gasteiger partial charge in [0.2, 0.25) is 5.91 Å². The van der Waals surface area contributed by atoms with E-state index in [4.69, 9.17) is 5.73 Å². The number of amides is 1. The van der Waals surface area contributed by atoms with Crippen LogP contribution in [0.25, 0.3) is 16.8 Å². The second kappa shape index (κ2) is 7.48. The highest BCUT2D eigenvalue weighted by Crippen LogP contribution is 2.33.